The van der Waals surface area contributed by atoms with Crippen molar-refractivity contribution in [3.05, 3.63) is 16.1 Å². The molecule has 3 nitrogen and oxygen atoms in total. The van der Waals surface area contributed by atoms with E-state index < -0.39 is 0 Å². The smallest absolute Gasteiger partial charge is 0.107 e. The Hall–Kier alpha value is -0.450. The van der Waals surface area contributed by atoms with Crippen molar-refractivity contribution in [1.82, 2.24) is 15.2 Å². The number of hydrogen-bond acceptors (Lipinski definition) is 4. The SMILES string of the molecule is Cc1cnc(CNC2CCN(C(C)C)C2)s1. The largest absolute Gasteiger partial charge is 0.306 e. The normalized spacial score (nSPS) is 22.1. The van der Waals surface area contributed by atoms with E-state index in [1.807, 2.05) is 6.20 Å². The third-order valence-electron chi connectivity index (χ3n) is 3.16. The molecule has 0 aromatic carbocycles. The van der Waals surface area contributed by atoms with Crippen molar-refractivity contribution < 1.29 is 0 Å². The van der Waals surface area contributed by atoms with E-state index in [-0.39, 0.29) is 0 Å². The molecule has 1 saturated heterocycles. The van der Waals surface area contributed by atoms with Gasteiger partial charge in [-0.05, 0) is 33.7 Å². The molecule has 1 aliphatic rings. The van der Waals surface area contributed by atoms with Gasteiger partial charge in [-0.25, -0.2) is 4.98 Å². The molecule has 0 aliphatic carbocycles. The fraction of sp³-hybridized carbons (Fsp3) is 0.750. The van der Waals surface area contributed by atoms with Crippen LogP contribution in [0.3, 0.4) is 0 Å². The Morgan fingerprint density at radius 3 is 3.00 bits per heavy atom. The van der Waals surface area contributed by atoms with Crippen molar-refractivity contribution in [1.29, 1.82) is 0 Å². The lowest BCUT2D eigenvalue weighted by Gasteiger charge is -2.20. The van der Waals surface area contributed by atoms with Crippen molar-refractivity contribution >= 4 is 11.3 Å². The topological polar surface area (TPSA) is 28.2 Å². The quantitative estimate of drug-likeness (QED) is 0.871. The van der Waals surface area contributed by atoms with E-state index in [2.05, 4.69) is 36.0 Å². The van der Waals surface area contributed by atoms with Crippen LogP contribution >= 0.6 is 11.3 Å². The summed E-state index contributed by atoms with van der Waals surface area (Å²) in [6.45, 7) is 9.99. The summed E-state index contributed by atoms with van der Waals surface area (Å²) in [6.07, 6.45) is 3.22. The highest BCUT2D eigenvalue weighted by molar-refractivity contribution is 7.11. The molecule has 2 heterocycles. The molecule has 1 N–H and O–H groups in total. The summed E-state index contributed by atoms with van der Waals surface area (Å²) in [7, 11) is 0. The van der Waals surface area contributed by atoms with E-state index in [9.17, 15) is 0 Å². The van der Waals surface area contributed by atoms with Crippen LogP contribution in [-0.2, 0) is 6.54 Å². The highest BCUT2D eigenvalue weighted by atomic mass is 32.1. The standard InChI is InChI=1S/C12H21N3S/c1-9(2)15-5-4-11(8-15)13-7-12-14-6-10(3)16-12/h6,9,11,13H,4-5,7-8H2,1-3H3. The van der Waals surface area contributed by atoms with E-state index in [1.54, 1.807) is 11.3 Å². The molecule has 1 aromatic rings. The lowest BCUT2D eigenvalue weighted by molar-refractivity contribution is 0.268. The van der Waals surface area contributed by atoms with Crippen molar-refractivity contribution in [3.8, 4) is 0 Å². The van der Waals surface area contributed by atoms with Gasteiger partial charge in [-0.1, -0.05) is 0 Å². The molecule has 1 atom stereocenters. The van der Waals surface area contributed by atoms with Crippen LogP contribution in [0.5, 0.6) is 0 Å². The number of nitrogens with zero attached hydrogens (tertiary/aromatic N) is 2. The van der Waals surface area contributed by atoms with Gasteiger partial charge >= 0.3 is 0 Å². The zero-order valence-electron chi connectivity index (χ0n) is 10.4. The number of aromatic nitrogens is 1. The van der Waals surface area contributed by atoms with E-state index in [4.69, 9.17) is 0 Å². The Labute approximate surface area is 102 Å². The van der Waals surface area contributed by atoms with Crippen LogP contribution in [-0.4, -0.2) is 35.1 Å². The van der Waals surface area contributed by atoms with Gasteiger partial charge in [0.25, 0.3) is 0 Å². The number of hydrogen-bond donors (Lipinski definition) is 1. The minimum Gasteiger partial charge on any atom is -0.306 e. The van der Waals surface area contributed by atoms with Gasteiger partial charge in [-0.2, -0.15) is 0 Å². The van der Waals surface area contributed by atoms with E-state index in [0.29, 0.717) is 12.1 Å². The van der Waals surface area contributed by atoms with Crippen molar-refractivity contribution in [2.75, 3.05) is 13.1 Å². The maximum atomic E-state index is 4.37. The molecule has 0 amide bonds. The first-order valence-electron chi connectivity index (χ1n) is 6.04. The number of nitrogens with one attached hydrogen (secondary N) is 1. The molecule has 4 heteroatoms. The third kappa shape index (κ3) is 3.03. The average molecular weight is 239 g/mol. The van der Waals surface area contributed by atoms with Crippen molar-refractivity contribution in [3.63, 3.8) is 0 Å². The Morgan fingerprint density at radius 1 is 1.62 bits per heavy atom. The van der Waals surface area contributed by atoms with Crippen LogP contribution in [0.1, 0.15) is 30.2 Å². The molecule has 1 unspecified atom stereocenters. The summed E-state index contributed by atoms with van der Waals surface area (Å²) in [5.74, 6) is 0. The maximum Gasteiger partial charge on any atom is 0.107 e. The first kappa shape index (κ1) is 12.0. The molecule has 0 bridgehead atoms. The predicted molar refractivity (Wildman–Crippen MR) is 68.8 cm³/mol. The average Bonchev–Trinajstić information content (AvgIpc) is 2.83. The monoisotopic (exact) mass is 239 g/mol. The Morgan fingerprint density at radius 2 is 2.44 bits per heavy atom. The summed E-state index contributed by atoms with van der Waals surface area (Å²) in [5.41, 5.74) is 0. The Balaban J connectivity index is 1.75. The minimum absolute atomic E-state index is 0.645. The van der Waals surface area contributed by atoms with E-state index >= 15 is 0 Å². The van der Waals surface area contributed by atoms with Crippen LogP contribution in [0.25, 0.3) is 0 Å². The molecule has 2 rings (SSSR count). The molecule has 1 aliphatic heterocycles. The third-order valence-corrected chi connectivity index (χ3v) is 4.07. The lowest BCUT2D eigenvalue weighted by atomic mass is 10.2. The van der Waals surface area contributed by atoms with Crippen LogP contribution in [0, 0.1) is 6.92 Å². The van der Waals surface area contributed by atoms with Gasteiger partial charge in [0.15, 0.2) is 0 Å². The second kappa shape index (κ2) is 5.25. The molecule has 16 heavy (non-hydrogen) atoms. The molecule has 1 fully saturated rings. The van der Waals surface area contributed by atoms with E-state index in [1.165, 1.54) is 29.4 Å². The lowest BCUT2D eigenvalue weighted by Crippen LogP contribution is -2.34. The summed E-state index contributed by atoms with van der Waals surface area (Å²) < 4.78 is 0. The highest BCUT2D eigenvalue weighted by Gasteiger charge is 2.23. The Bertz CT molecular complexity index is 335. The van der Waals surface area contributed by atoms with E-state index in [0.717, 1.165) is 6.54 Å². The summed E-state index contributed by atoms with van der Waals surface area (Å²) >= 11 is 1.79. The number of aryl methyl sites for hydroxylation is 1. The second-order valence-electron chi connectivity index (χ2n) is 4.82. The predicted octanol–water partition coefficient (Wildman–Crippen LogP) is 2.02. The van der Waals surface area contributed by atoms with Gasteiger partial charge in [-0.15, -0.1) is 11.3 Å². The zero-order valence-corrected chi connectivity index (χ0v) is 11.2. The number of likely N-dealkylation sites (tertiary alicyclic amines) is 1. The molecule has 90 valence electrons. The summed E-state index contributed by atoms with van der Waals surface area (Å²) in [5, 5.41) is 4.81. The number of rotatable bonds is 4. The van der Waals surface area contributed by atoms with Gasteiger partial charge < -0.3 is 5.32 Å². The van der Waals surface area contributed by atoms with Gasteiger partial charge in [0, 0.05) is 36.2 Å². The summed E-state index contributed by atoms with van der Waals surface area (Å²) in [6, 6.07) is 1.32. The Kier molecular flexibility index (Phi) is 3.95. The van der Waals surface area contributed by atoms with Crippen molar-refractivity contribution in [2.24, 2.45) is 0 Å². The highest BCUT2D eigenvalue weighted by Crippen LogP contribution is 2.14. The second-order valence-corrected chi connectivity index (χ2v) is 6.14. The van der Waals surface area contributed by atoms with Crippen LogP contribution in [0.15, 0.2) is 6.20 Å². The molecule has 1 aromatic heterocycles. The molecular weight excluding hydrogens is 218 g/mol. The first-order valence-corrected chi connectivity index (χ1v) is 6.85. The van der Waals surface area contributed by atoms with Crippen molar-refractivity contribution in [2.45, 2.75) is 45.8 Å². The minimum atomic E-state index is 0.645. The van der Waals surface area contributed by atoms with Crippen LogP contribution < -0.4 is 5.32 Å². The molecule has 0 radical (unpaired) electrons. The molecule has 0 spiro atoms. The molecule has 0 saturated carbocycles. The van der Waals surface area contributed by atoms with Gasteiger partial charge in [0.2, 0.25) is 0 Å². The van der Waals surface area contributed by atoms with Crippen LogP contribution in [0.2, 0.25) is 0 Å². The summed E-state index contributed by atoms with van der Waals surface area (Å²) in [4.78, 5) is 8.20. The van der Waals surface area contributed by atoms with Gasteiger partial charge in [0.1, 0.15) is 5.01 Å². The number of thiazole rings is 1. The fourth-order valence-electron chi connectivity index (χ4n) is 2.14. The molecular formula is C12H21N3S. The zero-order chi connectivity index (χ0) is 11.5. The van der Waals surface area contributed by atoms with Gasteiger partial charge in [0.05, 0.1) is 0 Å². The fourth-order valence-corrected chi connectivity index (χ4v) is 2.88. The maximum absolute atomic E-state index is 4.37. The van der Waals surface area contributed by atoms with Gasteiger partial charge in [-0.3, -0.25) is 4.90 Å². The van der Waals surface area contributed by atoms with Crippen LogP contribution in [0.4, 0.5) is 0 Å². The first-order chi connectivity index (χ1) is 7.65.